The van der Waals surface area contributed by atoms with Crippen molar-refractivity contribution < 1.29 is 9.32 Å². The number of amides is 1. The Balaban J connectivity index is 0.00000338. The summed E-state index contributed by atoms with van der Waals surface area (Å²) in [6.45, 7) is 8.83. The van der Waals surface area contributed by atoms with Crippen molar-refractivity contribution in [3.05, 3.63) is 18.0 Å². The third-order valence-corrected chi connectivity index (χ3v) is 4.40. The minimum Gasteiger partial charge on any atom is -0.364 e. The highest BCUT2D eigenvalue weighted by atomic mass is 127. The van der Waals surface area contributed by atoms with Crippen LogP contribution in [0.15, 0.2) is 21.8 Å². The zero-order chi connectivity index (χ0) is 18.2. The molecule has 148 valence electrons. The number of likely N-dealkylation sites (N-methyl/N-ethyl adjacent to an activating group) is 1. The second-order valence-corrected chi connectivity index (χ2v) is 6.64. The van der Waals surface area contributed by atoms with Crippen molar-refractivity contribution in [1.82, 2.24) is 25.2 Å². The summed E-state index contributed by atoms with van der Waals surface area (Å²) in [5.41, 5.74) is 0.955. The summed E-state index contributed by atoms with van der Waals surface area (Å²) in [5, 5.41) is 7.42. The van der Waals surface area contributed by atoms with Gasteiger partial charge in [0.25, 0.3) is 0 Å². The molecule has 1 aliphatic rings. The summed E-state index contributed by atoms with van der Waals surface area (Å²) >= 11 is 0. The van der Waals surface area contributed by atoms with Crippen LogP contribution in [0.4, 0.5) is 0 Å². The number of carbonyl (C=O) groups is 1. The third-order valence-electron chi connectivity index (χ3n) is 4.40. The summed E-state index contributed by atoms with van der Waals surface area (Å²) in [6, 6.07) is 2.22. The number of guanidine groups is 1. The highest BCUT2D eigenvalue weighted by Gasteiger charge is 2.21. The Morgan fingerprint density at radius 2 is 2.08 bits per heavy atom. The van der Waals surface area contributed by atoms with Gasteiger partial charge in [0.05, 0.1) is 5.69 Å². The molecule has 1 fully saturated rings. The molecule has 2 rings (SSSR count). The molecule has 1 aromatic heterocycles. The topological polar surface area (TPSA) is 77.2 Å². The van der Waals surface area contributed by atoms with Crippen LogP contribution in [-0.4, -0.2) is 84.6 Å². The largest absolute Gasteiger partial charge is 0.364 e. The molecule has 2 heterocycles. The van der Waals surface area contributed by atoms with Crippen molar-refractivity contribution >= 4 is 35.8 Å². The van der Waals surface area contributed by atoms with Gasteiger partial charge in [0, 0.05) is 58.9 Å². The average molecular weight is 478 g/mol. The number of aromatic nitrogens is 1. The number of nitrogens with zero attached hydrogens (tertiary/aromatic N) is 5. The minimum absolute atomic E-state index is 0. The maximum absolute atomic E-state index is 11.9. The summed E-state index contributed by atoms with van der Waals surface area (Å²) in [6.07, 6.45) is 2.61. The number of nitrogens with one attached hydrogen (secondary N) is 1. The van der Waals surface area contributed by atoms with Crippen molar-refractivity contribution in [3.8, 4) is 0 Å². The van der Waals surface area contributed by atoms with Gasteiger partial charge in [-0.1, -0.05) is 12.1 Å². The molecule has 1 atom stereocenters. The van der Waals surface area contributed by atoms with E-state index in [1.807, 2.05) is 6.07 Å². The molecule has 26 heavy (non-hydrogen) atoms. The van der Waals surface area contributed by atoms with E-state index >= 15 is 0 Å². The van der Waals surface area contributed by atoms with Gasteiger partial charge in [-0.3, -0.25) is 9.69 Å². The van der Waals surface area contributed by atoms with Crippen LogP contribution in [0.25, 0.3) is 0 Å². The summed E-state index contributed by atoms with van der Waals surface area (Å²) < 4.78 is 4.89. The molecule has 1 aromatic rings. The Hall–Kier alpha value is -1.36. The zero-order valence-electron chi connectivity index (χ0n) is 16.1. The van der Waals surface area contributed by atoms with E-state index < -0.39 is 0 Å². The number of halogens is 1. The number of hydrogen-bond donors (Lipinski definition) is 1. The average Bonchev–Trinajstić information content (AvgIpc) is 3.11. The van der Waals surface area contributed by atoms with Crippen molar-refractivity contribution in [3.63, 3.8) is 0 Å². The lowest BCUT2D eigenvalue weighted by Gasteiger charge is -2.37. The minimum atomic E-state index is 0. The van der Waals surface area contributed by atoms with E-state index in [0.29, 0.717) is 6.04 Å². The number of aliphatic imine (C=N–C) groups is 1. The second kappa shape index (κ2) is 11.4. The van der Waals surface area contributed by atoms with Crippen molar-refractivity contribution in [2.24, 2.45) is 4.99 Å². The van der Waals surface area contributed by atoms with E-state index in [1.165, 1.54) is 0 Å². The molecule has 0 bridgehead atoms. The van der Waals surface area contributed by atoms with Crippen LogP contribution in [0.2, 0.25) is 0 Å². The molecular weight excluding hydrogens is 447 g/mol. The van der Waals surface area contributed by atoms with Gasteiger partial charge in [-0.2, -0.15) is 0 Å². The van der Waals surface area contributed by atoms with Gasteiger partial charge in [-0.15, -0.1) is 24.0 Å². The molecule has 0 aliphatic carbocycles. The third kappa shape index (κ3) is 7.10. The highest BCUT2D eigenvalue weighted by Crippen LogP contribution is 2.08. The Morgan fingerprint density at radius 1 is 1.38 bits per heavy atom. The second-order valence-electron chi connectivity index (χ2n) is 6.64. The van der Waals surface area contributed by atoms with Crippen LogP contribution >= 0.6 is 24.0 Å². The Labute approximate surface area is 173 Å². The smallest absolute Gasteiger partial charge is 0.243 e. The lowest BCUT2D eigenvalue weighted by atomic mass is 10.2. The van der Waals surface area contributed by atoms with E-state index in [-0.39, 0.29) is 36.4 Å². The van der Waals surface area contributed by atoms with Crippen molar-refractivity contribution in [2.45, 2.75) is 32.9 Å². The van der Waals surface area contributed by atoms with Gasteiger partial charge in [-0.05, 0) is 13.3 Å². The molecule has 9 heteroatoms. The highest BCUT2D eigenvalue weighted by molar-refractivity contribution is 14.0. The fourth-order valence-corrected chi connectivity index (χ4v) is 2.51. The molecule has 1 aliphatic heterocycles. The van der Waals surface area contributed by atoms with Crippen LogP contribution < -0.4 is 5.32 Å². The molecular formula is C17H31IN6O2. The molecule has 0 saturated carbocycles. The first-order valence-corrected chi connectivity index (χ1v) is 8.87. The number of hydrogen-bond acceptors (Lipinski definition) is 5. The first-order chi connectivity index (χ1) is 12.0. The van der Waals surface area contributed by atoms with Gasteiger partial charge < -0.3 is 19.6 Å². The standard InChI is InChI=1S/C17H30N6O2.HI/c1-5-14(2)19-17(18-12-16(24)21(3)4)23-9-7-22(8-10-23)13-15-6-11-25-20-15;/h6,11,14H,5,7-10,12-13H2,1-4H3,(H,18,19);1H. The van der Waals surface area contributed by atoms with Gasteiger partial charge in [0.15, 0.2) is 5.96 Å². The monoisotopic (exact) mass is 478 g/mol. The zero-order valence-corrected chi connectivity index (χ0v) is 18.5. The van der Waals surface area contributed by atoms with Crippen molar-refractivity contribution in [1.29, 1.82) is 0 Å². The first kappa shape index (κ1) is 22.7. The Kier molecular flexibility index (Phi) is 9.92. The maximum atomic E-state index is 11.9. The normalized spacial score (nSPS) is 16.8. The van der Waals surface area contributed by atoms with Crippen LogP contribution in [0.3, 0.4) is 0 Å². The molecule has 8 nitrogen and oxygen atoms in total. The van der Waals surface area contributed by atoms with Gasteiger partial charge in [-0.25, -0.2) is 4.99 Å². The summed E-state index contributed by atoms with van der Waals surface area (Å²) in [4.78, 5) is 22.6. The fourth-order valence-electron chi connectivity index (χ4n) is 2.51. The molecule has 0 aromatic carbocycles. The Bertz CT molecular complexity index is 556. The predicted molar refractivity (Wildman–Crippen MR) is 113 cm³/mol. The number of piperazine rings is 1. The Morgan fingerprint density at radius 3 is 2.62 bits per heavy atom. The van der Waals surface area contributed by atoms with Gasteiger partial charge >= 0.3 is 0 Å². The number of carbonyl (C=O) groups excluding carboxylic acids is 1. The van der Waals surface area contributed by atoms with Crippen LogP contribution in [0.1, 0.15) is 26.0 Å². The molecule has 1 unspecified atom stereocenters. The van der Waals surface area contributed by atoms with E-state index in [0.717, 1.165) is 50.8 Å². The molecule has 1 N–H and O–H groups in total. The SMILES string of the molecule is CCC(C)NC(=NCC(=O)N(C)C)N1CCN(Cc2ccon2)CC1.I. The molecule has 1 saturated heterocycles. The van der Waals surface area contributed by atoms with E-state index in [1.54, 1.807) is 25.3 Å². The molecule has 0 spiro atoms. The van der Waals surface area contributed by atoms with E-state index in [4.69, 9.17) is 4.52 Å². The van der Waals surface area contributed by atoms with E-state index in [9.17, 15) is 4.79 Å². The predicted octanol–water partition coefficient (Wildman–Crippen LogP) is 1.24. The molecule has 1 amide bonds. The lowest BCUT2D eigenvalue weighted by molar-refractivity contribution is -0.127. The van der Waals surface area contributed by atoms with Crippen LogP contribution in [-0.2, 0) is 11.3 Å². The maximum Gasteiger partial charge on any atom is 0.243 e. The van der Waals surface area contributed by atoms with E-state index in [2.05, 4.69) is 39.1 Å². The fraction of sp³-hybridized carbons (Fsp3) is 0.706. The lowest BCUT2D eigenvalue weighted by Crippen LogP contribution is -2.53. The van der Waals surface area contributed by atoms with Crippen LogP contribution in [0, 0.1) is 0 Å². The molecule has 0 radical (unpaired) electrons. The quantitative estimate of drug-likeness (QED) is 0.377. The summed E-state index contributed by atoms with van der Waals surface area (Å²) in [5.74, 6) is 0.832. The summed E-state index contributed by atoms with van der Waals surface area (Å²) in [7, 11) is 3.50. The number of rotatable bonds is 6. The van der Waals surface area contributed by atoms with Crippen molar-refractivity contribution in [2.75, 3.05) is 46.8 Å². The van der Waals surface area contributed by atoms with Crippen LogP contribution in [0.5, 0.6) is 0 Å². The van der Waals surface area contributed by atoms with Gasteiger partial charge in [0.1, 0.15) is 12.8 Å². The first-order valence-electron chi connectivity index (χ1n) is 8.87. The van der Waals surface area contributed by atoms with Gasteiger partial charge in [0.2, 0.25) is 5.91 Å².